The number of benzene rings is 1. The largest absolute Gasteiger partial charge is 0.373 e. The van der Waals surface area contributed by atoms with Crippen LogP contribution in [0.2, 0.25) is 0 Å². The smallest absolute Gasteiger partial charge is 0.282 e. The van der Waals surface area contributed by atoms with Gasteiger partial charge in [0.1, 0.15) is 0 Å². The van der Waals surface area contributed by atoms with Crippen LogP contribution in [0.3, 0.4) is 0 Å². The molecule has 2 aliphatic heterocycles. The Hall–Kier alpha value is -1.04. The number of amides is 1. The molecule has 1 aromatic carbocycles. The summed E-state index contributed by atoms with van der Waals surface area (Å²) in [5, 5.41) is 2.88. The van der Waals surface area contributed by atoms with Crippen molar-refractivity contribution < 1.29 is 17.9 Å². The predicted octanol–water partition coefficient (Wildman–Crippen LogP) is 1.36. The van der Waals surface area contributed by atoms with Crippen LogP contribution in [0, 0.1) is 0 Å². The molecule has 2 fully saturated rings. The van der Waals surface area contributed by atoms with E-state index in [0.29, 0.717) is 39.3 Å². The minimum atomic E-state index is -3.50. The van der Waals surface area contributed by atoms with E-state index in [1.54, 1.807) is 0 Å². The lowest BCUT2D eigenvalue weighted by Gasteiger charge is -2.40. The number of hydrogen-bond donors (Lipinski definition) is 1. The van der Waals surface area contributed by atoms with Gasteiger partial charge >= 0.3 is 0 Å². The number of piperazine rings is 1. The summed E-state index contributed by atoms with van der Waals surface area (Å²) in [6, 6.07) is 7.44. The van der Waals surface area contributed by atoms with Crippen LogP contribution < -0.4 is 5.32 Å². The average Bonchev–Trinajstić information content (AvgIpc) is 2.63. The highest BCUT2D eigenvalue weighted by Crippen LogP contribution is 2.21. The van der Waals surface area contributed by atoms with Gasteiger partial charge in [-0.05, 0) is 41.9 Å². The summed E-state index contributed by atoms with van der Waals surface area (Å²) in [4.78, 5) is 14.3. The van der Waals surface area contributed by atoms with Crippen molar-refractivity contribution in [3.8, 4) is 0 Å². The SMILES string of the molecule is CC1CN(S(=O)(=O)N2CCN(CC(=O)Nc3ccccc3Br)CC2)CC(C)O1. The number of rotatable bonds is 5. The molecule has 8 nitrogen and oxygen atoms in total. The fourth-order valence-corrected chi connectivity index (χ4v) is 5.69. The molecule has 0 bridgehead atoms. The maximum absolute atomic E-state index is 12.9. The number of hydrogen-bond acceptors (Lipinski definition) is 5. The van der Waals surface area contributed by atoms with Crippen LogP contribution in [-0.2, 0) is 19.7 Å². The van der Waals surface area contributed by atoms with E-state index in [-0.39, 0.29) is 24.7 Å². The Balaban J connectivity index is 1.51. The van der Waals surface area contributed by atoms with Gasteiger partial charge in [0.15, 0.2) is 0 Å². The van der Waals surface area contributed by atoms with Gasteiger partial charge in [0.05, 0.1) is 24.4 Å². The molecule has 28 heavy (non-hydrogen) atoms. The molecule has 2 unspecified atom stereocenters. The zero-order chi connectivity index (χ0) is 20.3. The number of carbonyl (C=O) groups is 1. The Morgan fingerprint density at radius 1 is 1.11 bits per heavy atom. The quantitative estimate of drug-likeness (QED) is 0.696. The zero-order valence-electron chi connectivity index (χ0n) is 16.2. The summed E-state index contributed by atoms with van der Waals surface area (Å²) in [5.74, 6) is -0.112. The number of morpholine rings is 1. The van der Waals surface area contributed by atoms with Crippen LogP contribution in [0.5, 0.6) is 0 Å². The molecule has 1 N–H and O–H groups in total. The van der Waals surface area contributed by atoms with Crippen LogP contribution in [0.25, 0.3) is 0 Å². The normalized spacial score (nSPS) is 25.5. The highest BCUT2D eigenvalue weighted by molar-refractivity contribution is 9.10. The number of halogens is 1. The first-order chi connectivity index (χ1) is 13.3. The van der Waals surface area contributed by atoms with Gasteiger partial charge in [-0.15, -0.1) is 0 Å². The average molecular weight is 475 g/mol. The number of anilines is 1. The Kier molecular flexibility index (Phi) is 7.11. The molecule has 0 aliphatic carbocycles. The minimum absolute atomic E-state index is 0.110. The fourth-order valence-electron chi connectivity index (χ4n) is 3.56. The number of para-hydroxylation sites is 1. The minimum Gasteiger partial charge on any atom is -0.373 e. The molecule has 2 atom stereocenters. The first-order valence-electron chi connectivity index (χ1n) is 9.43. The van der Waals surface area contributed by atoms with Gasteiger partial charge in [-0.2, -0.15) is 17.0 Å². The molecule has 3 rings (SSSR count). The van der Waals surface area contributed by atoms with E-state index >= 15 is 0 Å². The number of carbonyl (C=O) groups excluding carboxylic acids is 1. The second kappa shape index (κ2) is 9.19. The fraction of sp³-hybridized carbons (Fsp3) is 0.611. The first-order valence-corrected chi connectivity index (χ1v) is 11.6. The lowest BCUT2D eigenvalue weighted by molar-refractivity contribution is -0.117. The lowest BCUT2D eigenvalue weighted by Crippen LogP contribution is -2.57. The molecule has 0 aromatic heterocycles. The summed E-state index contributed by atoms with van der Waals surface area (Å²) < 4.78 is 35.4. The predicted molar refractivity (Wildman–Crippen MR) is 111 cm³/mol. The molecular weight excluding hydrogens is 448 g/mol. The highest BCUT2D eigenvalue weighted by atomic mass is 79.9. The molecule has 2 saturated heterocycles. The third-order valence-corrected chi connectivity index (χ3v) is 7.55. The van der Waals surface area contributed by atoms with Crippen LogP contribution >= 0.6 is 15.9 Å². The van der Waals surface area contributed by atoms with Crippen LogP contribution in [0.4, 0.5) is 5.69 Å². The van der Waals surface area contributed by atoms with Gasteiger partial charge in [-0.3, -0.25) is 9.69 Å². The van der Waals surface area contributed by atoms with Crippen molar-refractivity contribution in [3.05, 3.63) is 28.7 Å². The summed E-state index contributed by atoms with van der Waals surface area (Å²) in [7, 11) is -3.50. The number of nitrogens with one attached hydrogen (secondary N) is 1. The van der Waals surface area contributed by atoms with Crippen molar-refractivity contribution in [2.75, 3.05) is 51.1 Å². The molecule has 0 spiro atoms. The lowest BCUT2D eigenvalue weighted by atomic mass is 10.3. The van der Waals surface area contributed by atoms with Gasteiger partial charge in [-0.1, -0.05) is 12.1 Å². The Morgan fingerprint density at radius 2 is 1.71 bits per heavy atom. The topological polar surface area (TPSA) is 82.2 Å². The maximum atomic E-state index is 12.9. The molecule has 1 amide bonds. The first kappa shape index (κ1) is 21.7. The molecule has 0 radical (unpaired) electrons. The molecule has 2 aliphatic rings. The van der Waals surface area contributed by atoms with Crippen LogP contribution in [-0.4, -0.2) is 85.9 Å². The Bertz CT molecular complexity index is 789. The highest BCUT2D eigenvalue weighted by Gasteiger charge is 2.36. The third kappa shape index (κ3) is 5.31. The summed E-state index contributed by atoms with van der Waals surface area (Å²) in [6.07, 6.45) is -0.221. The second-order valence-corrected chi connectivity index (χ2v) is 10.1. The summed E-state index contributed by atoms with van der Waals surface area (Å²) in [6.45, 7) is 6.58. The molecule has 0 saturated carbocycles. The van der Waals surface area contributed by atoms with Crippen molar-refractivity contribution in [2.24, 2.45) is 0 Å². The summed E-state index contributed by atoms with van der Waals surface area (Å²) in [5.41, 5.74) is 0.726. The van der Waals surface area contributed by atoms with Crippen LogP contribution in [0.15, 0.2) is 28.7 Å². The van der Waals surface area contributed by atoms with Gasteiger partial charge in [-0.25, -0.2) is 0 Å². The van der Waals surface area contributed by atoms with Crippen molar-refractivity contribution in [1.29, 1.82) is 0 Å². The second-order valence-electron chi connectivity index (χ2n) is 7.29. The zero-order valence-corrected chi connectivity index (χ0v) is 18.6. The molecular formula is C18H27BrN4O4S. The Morgan fingerprint density at radius 3 is 2.32 bits per heavy atom. The van der Waals surface area contributed by atoms with Crippen molar-refractivity contribution in [1.82, 2.24) is 13.5 Å². The molecule has 156 valence electrons. The van der Waals surface area contributed by atoms with Gasteiger partial charge < -0.3 is 10.1 Å². The molecule has 10 heteroatoms. The Labute approximate surface area is 175 Å². The number of nitrogens with zero attached hydrogens (tertiary/aromatic N) is 3. The van der Waals surface area contributed by atoms with E-state index < -0.39 is 10.2 Å². The van der Waals surface area contributed by atoms with Gasteiger partial charge in [0.2, 0.25) is 5.91 Å². The van der Waals surface area contributed by atoms with E-state index in [1.165, 1.54) is 8.61 Å². The van der Waals surface area contributed by atoms with E-state index in [1.807, 2.05) is 43.0 Å². The molecule has 2 heterocycles. The maximum Gasteiger partial charge on any atom is 0.282 e. The van der Waals surface area contributed by atoms with E-state index in [0.717, 1.165) is 10.2 Å². The van der Waals surface area contributed by atoms with Crippen molar-refractivity contribution >= 4 is 37.7 Å². The van der Waals surface area contributed by atoms with Gasteiger partial charge in [0.25, 0.3) is 10.2 Å². The van der Waals surface area contributed by atoms with E-state index in [2.05, 4.69) is 21.2 Å². The van der Waals surface area contributed by atoms with Gasteiger partial charge in [0, 0.05) is 43.7 Å². The van der Waals surface area contributed by atoms with Crippen LogP contribution in [0.1, 0.15) is 13.8 Å². The third-order valence-electron chi connectivity index (χ3n) is 4.89. The van der Waals surface area contributed by atoms with Crippen molar-refractivity contribution in [3.63, 3.8) is 0 Å². The van der Waals surface area contributed by atoms with E-state index in [4.69, 9.17) is 4.74 Å². The van der Waals surface area contributed by atoms with E-state index in [9.17, 15) is 13.2 Å². The standard InChI is InChI=1S/C18H27BrN4O4S/c1-14-11-23(12-15(2)27-14)28(25,26)22-9-7-21(8-10-22)13-18(24)20-17-6-4-3-5-16(17)19/h3-6,14-15H,7-13H2,1-2H3,(H,20,24). The summed E-state index contributed by atoms with van der Waals surface area (Å²) >= 11 is 3.41. The number of ether oxygens (including phenoxy) is 1. The van der Waals surface area contributed by atoms with Crippen molar-refractivity contribution in [2.45, 2.75) is 26.1 Å². The molecule has 1 aromatic rings. The monoisotopic (exact) mass is 474 g/mol.